The van der Waals surface area contributed by atoms with Gasteiger partial charge in [0.05, 0.1) is 13.2 Å². The predicted octanol–water partition coefficient (Wildman–Crippen LogP) is 2.21. The first-order chi connectivity index (χ1) is 13.3. The Morgan fingerprint density at radius 2 is 2.07 bits per heavy atom. The van der Waals surface area contributed by atoms with Gasteiger partial charge in [-0.15, -0.1) is 0 Å². The van der Waals surface area contributed by atoms with Crippen LogP contribution in [0.1, 0.15) is 22.3 Å². The molecule has 0 bridgehead atoms. The summed E-state index contributed by atoms with van der Waals surface area (Å²) in [5, 5.41) is 0. The Balaban J connectivity index is 1.36. The Bertz CT molecular complexity index is 762. The molecule has 0 saturated carbocycles. The number of carbonyl (C=O) groups excluding carboxylic acids is 1. The molecule has 0 spiro atoms. The fourth-order valence-corrected chi connectivity index (χ4v) is 3.72. The Morgan fingerprint density at radius 1 is 1.19 bits per heavy atom. The highest BCUT2D eigenvalue weighted by atomic mass is 16.5. The van der Waals surface area contributed by atoms with Crippen molar-refractivity contribution in [2.45, 2.75) is 19.1 Å². The normalized spacial score (nSPS) is 20.6. The molecule has 2 fully saturated rings. The second-order valence-electron chi connectivity index (χ2n) is 7.02. The van der Waals surface area contributed by atoms with Crippen molar-refractivity contribution < 1.29 is 14.3 Å². The molecule has 142 valence electrons. The van der Waals surface area contributed by atoms with Gasteiger partial charge in [-0.1, -0.05) is 12.1 Å². The zero-order valence-electron chi connectivity index (χ0n) is 15.4. The first kappa shape index (κ1) is 17.9. The number of nitrogens with zero attached hydrogens (tertiary/aromatic N) is 3. The van der Waals surface area contributed by atoms with Crippen molar-refractivity contribution in [3.8, 4) is 5.75 Å². The summed E-state index contributed by atoms with van der Waals surface area (Å²) in [5.74, 6) is 0.784. The van der Waals surface area contributed by atoms with Gasteiger partial charge in [0.25, 0.3) is 5.91 Å². The minimum atomic E-state index is 0.0811. The highest BCUT2D eigenvalue weighted by Gasteiger charge is 2.31. The number of rotatable bonds is 5. The van der Waals surface area contributed by atoms with Gasteiger partial charge < -0.3 is 14.4 Å². The molecular weight excluding hydrogens is 342 g/mol. The second kappa shape index (κ2) is 8.50. The van der Waals surface area contributed by atoms with Gasteiger partial charge >= 0.3 is 0 Å². The standard InChI is InChI=1S/C21H25N3O3/c25-21(24-8-6-19(15-24)23-9-11-26-12-10-23)18-4-1-5-20(13-18)27-16-17-3-2-7-22-14-17/h1-5,7,13-14,19H,6,8-12,15-16H2/t19-/m1/s1. The van der Waals surface area contributed by atoms with Gasteiger partial charge in [0.15, 0.2) is 0 Å². The van der Waals surface area contributed by atoms with Crippen LogP contribution in [0.25, 0.3) is 0 Å². The van der Waals surface area contributed by atoms with E-state index in [1.54, 1.807) is 12.4 Å². The van der Waals surface area contributed by atoms with Gasteiger partial charge in [-0.05, 0) is 30.7 Å². The van der Waals surface area contributed by atoms with E-state index in [1.165, 1.54) is 0 Å². The molecule has 1 aromatic carbocycles. The van der Waals surface area contributed by atoms with Gasteiger partial charge in [-0.3, -0.25) is 14.7 Å². The van der Waals surface area contributed by atoms with Crippen LogP contribution in [-0.2, 0) is 11.3 Å². The molecule has 2 aliphatic rings. The van der Waals surface area contributed by atoms with Crippen molar-refractivity contribution in [3.63, 3.8) is 0 Å². The molecule has 0 radical (unpaired) electrons. The molecule has 1 aromatic heterocycles. The maximum absolute atomic E-state index is 12.9. The van der Waals surface area contributed by atoms with Crippen LogP contribution in [0.5, 0.6) is 5.75 Å². The fraction of sp³-hybridized carbons (Fsp3) is 0.429. The third-order valence-corrected chi connectivity index (χ3v) is 5.22. The number of aromatic nitrogens is 1. The molecule has 2 aliphatic heterocycles. The maximum Gasteiger partial charge on any atom is 0.254 e. The molecule has 0 aliphatic carbocycles. The Labute approximate surface area is 159 Å². The fourth-order valence-electron chi connectivity index (χ4n) is 3.72. The van der Waals surface area contributed by atoms with Crippen LogP contribution in [-0.4, -0.2) is 66.1 Å². The smallest absolute Gasteiger partial charge is 0.254 e. The monoisotopic (exact) mass is 367 g/mol. The molecule has 6 heteroatoms. The maximum atomic E-state index is 12.9. The molecule has 1 atom stereocenters. The molecule has 3 heterocycles. The molecule has 6 nitrogen and oxygen atoms in total. The lowest BCUT2D eigenvalue weighted by Gasteiger charge is -2.32. The van der Waals surface area contributed by atoms with Gasteiger partial charge in [0.2, 0.25) is 0 Å². The molecule has 0 N–H and O–H groups in total. The highest BCUT2D eigenvalue weighted by Crippen LogP contribution is 2.21. The molecular formula is C21H25N3O3. The number of carbonyl (C=O) groups is 1. The quantitative estimate of drug-likeness (QED) is 0.811. The summed E-state index contributed by atoms with van der Waals surface area (Å²) in [5.41, 5.74) is 1.68. The van der Waals surface area contributed by atoms with E-state index in [-0.39, 0.29) is 5.91 Å². The zero-order chi connectivity index (χ0) is 18.5. The van der Waals surface area contributed by atoms with Crippen molar-refractivity contribution in [1.29, 1.82) is 0 Å². The van der Waals surface area contributed by atoms with Gasteiger partial charge in [-0.2, -0.15) is 0 Å². The van der Waals surface area contributed by atoms with Gasteiger partial charge in [-0.25, -0.2) is 0 Å². The largest absolute Gasteiger partial charge is 0.489 e. The van der Waals surface area contributed by atoms with E-state index in [2.05, 4.69) is 9.88 Å². The third kappa shape index (κ3) is 4.46. The second-order valence-corrected chi connectivity index (χ2v) is 7.02. The zero-order valence-corrected chi connectivity index (χ0v) is 15.4. The van der Waals surface area contributed by atoms with Crippen LogP contribution < -0.4 is 4.74 Å². The van der Waals surface area contributed by atoms with Crippen LogP contribution >= 0.6 is 0 Å². The predicted molar refractivity (Wildman–Crippen MR) is 102 cm³/mol. The van der Waals surface area contributed by atoms with Crippen molar-refractivity contribution in [3.05, 3.63) is 59.9 Å². The molecule has 0 unspecified atom stereocenters. The van der Waals surface area contributed by atoms with Crippen molar-refractivity contribution in [1.82, 2.24) is 14.8 Å². The first-order valence-corrected chi connectivity index (χ1v) is 9.52. The first-order valence-electron chi connectivity index (χ1n) is 9.52. The average molecular weight is 367 g/mol. The molecule has 4 rings (SSSR count). The summed E-state index contributed by atoms with van der Waals surface area (Å²) in [7, 11) is 0. The van der Waals surface area contributed by atoms with Gasteiger partial charge in [0, 0.05) is 55.7 Å². The highest BCUT2D eigenvalue weighted by molar-refractivity contribution is 5.94. The average Bonchev–Trinajstić information content (AvgIpc) is 3.24. The van der Waals surface area contributed by atoms with Crippen molar-refractivity contribution in [2.75, 3.05) is 39.4 Å². The molecule has 2 saturated heterocycles. The lowest BCUT2D eigenvalue weighted by atomic mass is 10.2. The van der Waals surface area contributed by atoms with Gasteiger partial charge in [0.1, 0.15) is 12.4 Å². The Morgan fingerprint density at radius 3 is 2.89 bits per heavy atom. The van der Waals surface area contributed by atoms with E-state index >= 15 is 0 Å². The van der Waals surface area contributed by atoms with Crippen molar-refractivity contribution >= 4 is 5.91 Å². The number of amides is 1. The van der Waals surface area contributed by atoms with Crippen LogP contribution in [0.2, 0.25) is 0 Å². The van der Waals surface area contributed by atoms with E-state index < -0.39 is 0 Å². The minimum Gasteiger partial charge on any atom is -0.489 e. The van der Waals surface area contributed by atoms with Crippen LogP contribution in [0.15, 0.2) is 48.8 Å². The molecule has 2 aromatic rings. The van der Waals surface area contributed by atoms with E-state index in [0.717, 1.165) is 51.4 Å². The lowest BCUT2D eigenvalue weighted by Crippen LogP contribution is -2.45. The lowest BCUT2D eigenvalue weighted by molar-refractivity contribution is 0.0185. The number of pyridine rings is 1. The third-order valence-electron chi connectivity index (χ3n) is 5.22. The topological polar surface area (TPSA) is 54.9 Å². The summed E-state index contributed by atoms with van der Waals surface area (Å²) < 4.78 is 11.3. The number of morpholine rings is 1. The summed E-state index contributed by atoms with van der Waals surface area (Å²) in [4.78, 5) is 21.4. The minimum absolute atomic E-state index is 0.0811. The molecule has 27 heavy (non-hydrogen) atoms. The van der Waals surface area contributed by atoms with Crippen LogP contribution in [0, 0.1) is 0 Å². The summed E-state index contributed by atoms with van der Waals surface area (Å²) in [6.45, 7) is 5.55. The summed E-state index contributed by atoms with van der Waals surface area (Å²) in [6.07, 6.45) is 4.55. The van der Waals surface area contributed by atoms with E-state index in [9.17, 15) is 4.79 Å². The van der Waals surface area contributed by atoms with Crippen LogP contribution in [0.4, 0.5) is 0 Å². The van der Waals surface area contributed by atoms with E-state index in [4.69, 9.17) is 9.47 Å². The number of hydrogen-bond acceptors (Lipinski definition) is 5. The summed E-state index contributed by atoms with van der Waals surface area (Å²) >= 11 is 0. The number of likely N-dealkylation sites (tertiary alicyclic amines) is 1. The Hall–Kier alpha value is -2.44. The molecule has 1 amide bonds. The SMILES string of the molecule is O=C(c1cccc(OCc2cccnc2)c1)N1CC[C@@H](N2CCOCC2)C1. The summed E-state index contributed by atoms with van der Waals surface area (Å²) in [6, 6.07) is 11.8. The number of hydrogen-bond donors (Lipinski definition) is 0. The Kier molecular flexibility index (Phi) is 5.65. The number of ether oxygens (including phenoxy) is 2. The van der Waals surface area contributed by atoms with E-state index in [0.29, 0.717) is 24.0 Å². The van der Waals surface area contributed by atoms with E-state index in [1.807, 2.05) is 41.3 Å². The van der Waals surface area contributed by atoms with Crippen molar-refractivity contribution in [2.24, 2.45) is 0 Å². The van der Waals surface area contributed by atoms with Crippen LogP contribution in [0.3, 0.4) is 0 Å². The number of benzene rings is 1.